The minimum atomic E-state index is 0.700. The summed E-state index contributed by atoms with van der Waals surface area (Å²) in [6.45, 7) is 7.99. The van der Waals surface area contributed by atoms with Crippen molar-refractivity contribution in [2.24, 2.45) is 0 Å². The van der Waals surface area contributed by atoms with Crippen molar-refractivity contribution in [3.05, 3.63) is 46.2 Å². The largest absolute Gasteiger partial charge is 0.313 e. The second kappa shape index (κ2) is 5.55. The molecule has 2 rings (SSSR count). The molecule has 0 aliphatic heterocycles. The van der Waals surface area contributed by atoms with Crippen molar-refractivity contribution in [1.29, 1.82) is 0 Å². The van der Waals surface area contributed by atoms with Crippen LogP contribution in [0.15, 0.2) is 24.4 Å². The fraction of sp³-hybridized carbons (Fsp3) is 0.357. The number of hydrogen-bond donors (Lipinski definition) is 1. The van der Waals surface area contributed by atoms with Crippen LogP contribution in [0, 0.1) is 13.8 Å². The summed E-state index contributed by atoms with van der Waals surface area (Å²) in [6.07, 6.45) is 1.85. The Morgan fingerprint density at radius 1 is 1.33 bits per heavy atom. The third-order valence-corrected chi connectivity index (χ3v) is 3.30. The van der Waals surface area contributed by atoms with Gasteiger partial charge in [0.15, 0.2) is 0 Å². The number of halogens is 1. The number of aromatic nitrogens is 2. The van der Waals surface area contributed by atoms with Crippen molar-refractivity contribution in [1.82, 2.24) is 15.1 Å². The Labute approximate surface area is 113 Å². The van der Waals surface area contributed by atoms with E-state index in [9.17, 15) is 0 Å². The average molecular weight is 264 g/mol. The number of nitrogens with zero attached hydrogens (tertiary/aromatic N) is 2. The molecule has 0 saturated carbocycles. The molecule has 0 bridgehead atoms. The summed E-state index contributed by atoms with van der Waals surface area (Å²) >= 11 is 6.04. The lowest BCUT2D eigenvalue weighted by molar-refractivity contribution is 0.725. The van der Waals surface area contributed by atoms with Gasteiger partial charge < -0.3 is 5.32 Å². The molecular formula is C14H18ClN3. The smallest absolute Gasteiger partial charge is 0.0819 e. The molecule has 1 aromatic carbocycles. The van der Waals surface area contributed by atoms with Crippen LogP contribution >= 0.6 is 11.6 Å². The molecule has 2 aromatic rings. The Hall–Kier alpha value is -1.32. The topological polar surface area (TPSA) is 29.9 Å². The maximum atomic E-state index is 6.04. The van der Waals surface area contributed by atoms with Gasteiger partial charge in [-0.25, -0.2) is 4.68 Å². The number of hydrogen-bond acceptors (Lipinski definition) is 2. The molecule has 0 fully saturated rings. The lowest BCUT2D eigenvalue weighted by Crippen LogP contribution is -2.12. The van der Waals surface area contributed by atoms with Crippen LogP contribution in [0.5, 0.6) is 0 Å². The third kappa shape index (κ3) is 2.74. The Kier molecular flexibility index (Phi) is 4.04. The van der Waals surface area contributed by atoms with E-state index < -0.39 is 0 Å². The highest BCUT2D eigenvalue weighted by Gasteiger charge is 2.06. The zero-order valence-electron chi connectivity index (χ0n) is 11.0. The van der Waals surface area contributed by atoms with Crippen molar-refractivity contribution in [2.75, 3.05) is 6.54 Å². The van der Waals surface area contributed by atoms with Crippen LogP contribution < -0.4 is 5.32 Å². The Morgan fingerprint density at radius 2 is 2.11 bits per heavy atom. The zero-order valence-corrected chi connectivity index (χ0v) is 11.8. The third-order valence-electron chi connectivity index (χ3n) is 2.93. The van der Waals surface area contributed by atoms with Gasteiger partial charge in [0.05, 0.1) is 16.4 Å². The van der Waals surface area contributed by atoms with Gasteiger partial charge in [0.1, 0.15) is 0 Å². The van der Waals surface area contributed by atoms with Crippen LogP contribution in [0.2, 0.25) is 5.02 Å². The van der Waals surface area contributed by atoms with Gasteiger partial charge in [-0.2, -0.15) is 5.10 Å². The molecule has 0 saturated heterocycles. The van der Waals surface area contributed by atoms with Gasteiger partial charge >= 0.3 is 0 Å². The highest BCUT2D eigenvalue weighted by atomic mass is 35.5. The van der Waals surface area contributed by atoms with E-state index in [1.807, 2.05) is 17.8 Å². The first-order valence-corrected chi connectivity index (χ1v) is 6.52. The number of benzene rings is 1. The quantitative estimate of drug-likeness (QED) is 0.918. The molecule has 1 N–H and O–H groups in total. The van der Waals surface area contributed by atoms with Crippen LogP contribution in [0.4, 0.5) is 0 Å². The molecule has 1 aromatic heterocycles. The highest BCUT2D eigenvalue weighted by Crippen LogP contribution is 2.19. The molecule has 0 radical (unpaired) electrons. The van der Waals surface area contributed by atoms with E-state index in [1.165, 1.54) is 11.1 Å². The molecule has 0 spiro atoms. The van der Waals surface area contributed by atoms with E-state index in [1.54, 1.807) is 0 Å². The summed E-state index contributed by atoms with van der Waals surface area (Å²) in [5.74, 6) is 0. The van der Waals surface area contributed by atoms with Crippen LogP contribution in [-0.4, -0.2) is 16.3 Å². The summed E-state index contributed by atoms with van der Waals surface area (Å²) in [5, 5.41) is 8.42. The fourth-order valence-corrected chi connectivity index (χ4v) is 2.05. The van der Waals surface area contributed by atoms with Gasteiger partial charge in [-0.3, -0.25) is 0 Å². The van der Waals surface area contributed by atoms with Crippen LogP contribution in [0.1, 0.15) is 23.7 Å². The summed E-state index contributed by atoms with van der Waals surface area (Å²) in [5.41, 5.74) is 4.41. The van der Waals surface area contributed by atoms with E-state index in [4.69, 9.17) is 11.6 Å². The Bertz CT molecular complexity index is 526. The van der Waals surface area contributed by atoms with Crippen molar-refractivity contribution in [3.8, 4) is 5.69 Å². The van der Waals surface area contributed by atoms with Crippen molar-refractivity contribution >= 4 is 11.6 Å². The lowest BCUT2D eigenvalue weighted by atomic mass is 10.1. The first-order chi connectivity index (χ1) is 8.61. The van der Waals surface area contributed by atoms with Gasteiger partial charge in [-0.1, -0.05) is 30.7 Å². The predicted octanol–water partition coefficient (Wildman–Crippen LogP) is 3.25. The fourth-order valence-electron chi connectivity index (χ4n) is 1.92. The summed E-state index contributed by atoms with van der Waals surface area (Å²) in [4.78, 5) is 0. The first-order valence-electron chi connectivity index (χ1n) is 6.14. The van der Waals surface area contributed by atoms with Gasteiger partial charge in [0.2, 0.25) is 0 Å². The van der Waals surface area contributed by atoms with E-state index in [0.717, 1.165) is 24.5 Å². The number of nitrogens with one attached hydrogen (secondary N) is 1. The molecule has 0 unspecified atom stereocenters. The average Bonchev–Trinajstić information content (AvgIpc) is 2.67. The second-order valence-electron chi connectivity index (χ2n) is 4.41. The van der Waals surface area contributed by atoms with E-state index in [-0.39, 0.29) is 0 Å². The van der Waals surface area contributed by atoms with Gasteiger partial charge in [-0.15, -0.1) is 0 Å². The zero-order chi connectivity index (χ0) is 13.1. The molecule has 0 amide bonds. The molecular weight excluding hydrogens is 246 g/mol. The van der Waals surface area contributed by atoms with Crippen LogP contribution in [-0.2, 0) is 6.54 Å². The van der Waals surface area contributed by atoms with Crippen molar-refractivity contribution < 1.29 is 0 Å². The minimum absolute atomic E-state index is 0.700. The normalized spacial score (nSPS) is 10.9. The molecule has 4 heteroatoms. The number of rotatable bonds is 4. The Morgan fingerprint density at radius 3 is 2.67 bits per heavy atom. The molecule has 0 aliphatic carbocycles. The number of aryl methyl sites for hydroxylation is 2. The monoisotopic (exact) mass is 263 g/mol. The minimum Gasteiger partial charge on any atom is -0.313 e. The van der Waals surface area contributed by atoms with E-state index >= 15 is 0 Å². The standard InChI is InChI=1S/C14H18ClN3/c1-4-16-8-12-5-6-14(10(2)7-12)18-9-13(15)11(3)17-18/h5-7,9,16H,4,8H2,1-3H3. The van der Waals surface area contributed by atoms with Gasteiger partial charge in [-0.05, 0) is 37.6 Å². The molecule has 96 valence electrons. The lowest BCUT2D eigenvalue weighted by Gasteiger charge is -2.09. The predicted molar refractivity (Wildman–Crippen MR) is 75.4 cm³/mol. The summed E-state index contributed by atoms with van der Waals surface area (Å²) in [7, 11) is 0. The van der Waals surface area contributed by atoms with Crippen LogP contribution in [0.3, 0.4) is 0 Å². The summed E-state index contributed by atoms with van der Waals surface area (Å²) < 4.78 is 1.84. The Balaban J connectivity index is 2.29. The van der Waals surface area contributed by atoms with Gasteiger partial charge in [0.25, 0.3) is 0 Å². The second-order valence-corrected chi connectivity index (χ2v) is 4.82. The summed E-state index contributed by atoms with van der Waals surface area (Å²) in [6, 6.07) is 6.39. The SMILES string of the molecule is CCNCc1ccc(-n2cc(Cl)c(C)n2)c(C)c1. The molecule has 1 heterocycles. The van der Waals surface area contributed by atoms with Crippen molar-refractivity contribution in [2.45, 2.75) is 27.3 Å². The molecule has 0 atom stereocenters. The highest BCUT2D eigenvalue weighted by molar-refractivity contribution is 6.31. The molecule has 18 heavy (non-hydrogen) atoms. The van der Waals surface area contributed by atoms with E-state index in [2.05, 4.69) is 42.5 Å². The molecule has 3 nitrogen and oxygen atoms in total. The first kappa shape index (κ1) is 13.1. The maximum absolute atomic E-state index is 6.04. The van der Waals surface area contributed by atoms with Gasteiger partial charge in [0, 0.05) is 12.7 Å². The van der Waals surface area contributed by atoms with E-state index in [0.29, 0.717) is 5.02 Å². The maximum Gasteiger partial charge on any atom is 0.0819 e. The van der Waals surface area contributed by atoms with Crippen molar-refractivity contribution in [3.63, 3.8) is 0 Å². The van der Waals surface area contributed by atoms with Crippen LogP contribution in [0.25, 0.3) is 5.69 Å². The molecule has 0 aliphatic rings.